The smallest absolute Gasteiger partial charge is 0.338 e. The molecule has 46 heavy (non-hydrogen) atoms. The maximum atomic E-state index is 14.3. The molecule has 0 saturated carbocycles. The number of hydrogen-bond donors (Lipinski definition) is 0. The molecule has 3 aromatic carbocycles. The molecule has 4 aromatic rings. The summed E-state index contributed by atoms with van der Waals surface area (Å²) in [6.45, 7) is 7.73. The van der Waals surface area contributed by atoms with E-state index in [1.54, 1.807) is 39.2 Å². The molecule has 5 rings (SSSR count). The number of aromatic nitrogens is 1. The van der Waals surface area contributed by atoms with E-state index in [1.165, 1.54) is 15.9 Å². The largest absolute Gasteiger partial charge is 0.493 e. The number of halogens is 3. The van der Waals surface area contributed by atoms with Gasteiger partial charge in [0.15, 0.2) is 16.3 Å². The van der Waals surface area contributed by atoms with Gasteiger partial charge >= 0.3 is 5.97 Å². The lowest BCUT2D eigenvalue weighted by Gasteiger charge is -2.25. The number of rotatable bonds is 10. The second-order valence-corrected chi connectivity index (χ2v) is 13.8. The first-order chi connectivity index (χ1) is 22.0. The standard InChI is InChI=1S/C34H31Br2ClN2O6S/c1-6-43-33(41)29-19(4)38-34-39(30(29)20-11-12-26(45-18(2)3)27(14-20)42-5)32(40)28(46-34)15-22-13-23(35)16-24(36)31(22)44-17-21-9-7-8-10-25(21)37/h7-16,18,30H,6,17H2,1-5H3/b28-15+/t30-/m0/s1. The zero-order chi connectivity index (χ0) is 33.1. The molecule has 1 aliphatic rings. The minimum atomic E-state index is -0.815. The monoisotopic (exact) mass is 788 g/mol. The van der Waals surface area contributed by atoms with E-state index < -0.39 is 12.0 Å². The summed E-state index contributed by atoms with van der Waals surface area (Å²) in [7, 11) is 1.55. The van der Waals surface area contributed by atoms with Gasteiger partial charge in [0.25, 0.3) is 5.56 Å². The van der Waals surface area contributed by atoms with Crippen LogP contribution in [0.4, 0.5) is 0 Å². The van der Waals surface area contributed by atoms with Gasteiger partial charge in [0.2, 0.25) is 0 Å². The van der Waals surface area contributed by atoms with Crippen molar-refractivity contribution >= 4 is 66.8 Å². The van der Waals surface area contributed by atoms with Crippen LogP contribution in [0.25, 0.3) is 6.08 Å². The van der Waals surface area contributed by atoms with Crippen LogP contribution in [-0.2, 0) is 16.1 Å². The summed E-state index contributed by atoms with van der Waals surface area (Å²) in [5.74, 6) is 1.03. The molecule has 240 valence electrons. The molecule has 0 unspecified atom stereocenters. The normalized spacial score (nSPS) is 14.6. The minimum Gasteiger partial charge on any atom is -0.493 e. The maximum Gasteiger partial charge on any atom is 0.338 e. The molecule has 0 N–H and O–H groups in total. The first-order valence-electron chi connectivity index (χ1n) is 14.4. The zero-order valence-corrected chi connectivity index (χ0v) is 30.5. The molecule has 0 fully saturated rings. The Balaban J connectivity index is 1.67. The number of carbonyl (C=O) groups is 1. The number of carbonyl (C=O) groups excluding carboxylic acids is 1. The summed E-state index contributed by atoms with van der Waals surface area (Å²) in [6.07, 6.45) is 1.69. The van der Waals surface area contributed by atoms with E-state index >= 15 is 0 Å². The van der Waals surface area contributed by atoms with Gasteiger partial charge in [0.05, 0.1) is 46.1 Å². The predicted molar refractivity (Wildman–Crippen MR) is 187 cm³/mol. The average Bonchev–Trinajstić information content (AvgIpc) is 3.30. The molecule has 1 aromatic heterocycles. The SMILES string of the molecule is CCOC(=O)C1=C(C)N=c2s/c(=C/c3cc(Br)cc(Br)c3OCc3ccccc3Cl)c(=O)n2[C@H]1c1ccc(OC(C)C)c(OC)c1. The van der Waals surface area contributed by atoms with Crippen LogP contribution in [0, 0.1) is 0 Å². The van der Waals surface area contributed by atoms with E-state index in [-0.39, 0.29) is 30.5 Å². The van der Waals surface area contributed by atoms with E-state index in [0.29, 0.717) is 52.9 Å². The second kappa shape index (κ2) is 14.6. The van der Waals surface area contributed by atoms with Crippen LogP contribution in [-0.4, -0.2) is 30.4 Å². The van der Waals surface area contributed by atoms with E-state index in [1.807, 2.05) is 56.3 Å². The van der Waals surface area contributed by atoms with Gasteiger partial charge in [0.1, 0.15) is 12.4 Å². The van der Waals surface area contributed by atoms with Crippen LogP contribution in [0.3, 0.4) is 0 Å². The van der Waals surface area contributed by atoms with Crippen molar-refractivity contribution in [1.29, 1.82) is 0 Å². The topological polar surface area (TPSA) is 88.4 Å². The van der Waals surface area contributed by atoms with Crippen molar-refractivity contribution in [2.24, 2.45) is 4.99 Å². The quantitative estimate of drug-likeness (QED) is 0.156. The van der Waals surface area contributed by atoms with Gasteiger partial charge in [-0.1, -0.05) is 63.1 Å². The number of benzene rings is 3. The highest BCUT2D eigenvalue weighted by molar-refractivity contribution is 9.11. The molecule has 0 aliphatic carbocycles. The number of thiazole rings is 1. The molecule has 8 nitrogen and oxygen atoms in total. The molecule has 2 heterocycles. The summed E-state index contributed by atoms with van der Waals surface area (Å²) in [5, 5.41) is 0.596. The highest BCUT2D eigenvalue weighted by Crippen LogP contribution is 2.37. The Morgan fingerprint density at radius 3 is 2.59 bits per heavy atom. The van der Waals surface area contributed by atoms with Crippen molar-refractivity contribution in [2.75, 3.05) is 13.7 Å². The van der Waals surface area contributed by atoms with E-state index in [0.717, 1.165) is 10.0 Å². The fourth-order valence-corrected chi connectivity index (χ4v) is 7.66. The van der Waals surface area contributed by atoms with Crippen LogP contribution >= 0.6 is 54.8 Å². The molecular weight excluding hydrogens is 760 g/mol. The fourth-order valence-electron chi connectivity index (χ4n) is 5.06. The fraction of sp³-hybridized carbons (Fsp3) is 0.265. The van der Waals surface area contributed by atoms with Crippen LogP contribution < -0.4 is 29.1 Å². The molecule has 0 saturated heterocycles. The van der Waals surface area contributed by atoms with Crippen molar-refractivity contribution < 1.29 is 23.7 Å². The molecule has 1 aliphatic heterocycles. The van der Waals surface area contributed by atoms with Gasteiger partial charge < -0.3 is 18.9 Å². The Morgan fingerprint density at radius 1 is 1.13 bits per heavy atom. The summed E-state index contributed by atoms with van der Waals surface area (Å²) in [5.41, 5.74) is 2.55. The Morgan fingerprint density at radius 2 is 1.89 bits per heavy atom. The Labute approximate surface area is 292 Å². The van der Waals surface area contributed by atoms with E-state index in [4.69, 9.17) is 35.5 Å². The molecule has 0 amide bonds. The minimum absolute atomic E-state index is 0.0775. The molecule has 0 bridgehead atoms. The van der Waals surface area contributed by atoms with E-state index in [2.05, 4.69) is 31.9 Å². The number of allylic oxidation sites excluding steroid dienone is 1. The Kier molecular flexibility index (Phi) is 10.8. The summed E-state index contributed by atoms with van der Waals surface area (Å²) >= 11 is 14.8. The Hall–Kier alpha value is -3.38. The summed E-state index contributed by atoms with van der Waals surface area (Å²) in [4.78, 5) is 32.8. The van der Waals surface area contributed by atoms with Gasteiger partial charge in [-0.3, -0.25) is 9.36 Å². The van der Waals surface area contributed by atoms with Crippen molar-refractivity contribution in [3.8, 4) is 17.2 Å². The van der Waals surface area contributed by atoms with E-state index in [9.17, 15) is 9.59 Å². The molecule has 0 spiro atoms. The molecule has 1 atom stereocenters. The third-order valence-corrected chi connectivity index (χ3v) is 9.44. The lowest BCUT2D eigenvalue weighted by atomic mass is 9.95. The van der Waals surface area contributed by atoms with Gasteiger partial charge in [-0.05, 0) is 85.6 Å². The number of hydrogen-bond acceptors (Lipinski definition) is 8. The Bertz CT molecular complexity index is 2020. The van der Waals surface area contributed by atoms with Gasteiger partial charge in [-0.25, -0.2) is 9.79 Å². The number of ether oxygens (including phenoxy) is 4. The first-order valence-corrected chi connectivity index (χ1v) is 17.2. The van der Waals surface area contributed by atoms with Crippen LogP contribution in [0.5, 0.6) is 17.2 Å². The molecule has 12 heteroatoms. The van der Waals surface area contributed by atoms with Crippen LogP contribution in [0.1, 0.15) is 50.4 Å². The van der Waals surface area contributed by atoms with Crippen molar-refractivity contribution in [1.82, 2.24) is 4.57 Å². The number of methoxy groups -OCH3 is 1. The highest BCUT2D eigenvalue weighted by atomic mass is 79.9. The highest BCUT2D eigenvalue weighted by Gasteiger charge is 2.34. The number of esters is 1. The van der Waals surface area contributed by atoms with Crippen molar-refractivity contribution in [2.45, 2.75) is 46.4 Å². The maximum absolute atomic E-state index is 14.3. The third kappa shape index (κ3) is 7.12. The van der Waals surface area contributed by atoms with Gasteiger partial charge in [-0.2, -0.15) is 0 Å². The predicted octanol–water partition coefficient (Wildman–Crippen LogP) is 7.35. The second-order valence-electron chi connectivity index (χ2n) is 10.6. The first kappa shape index (κ1) is 34.0. The molecule has 0 radical (unpaired) electrons. The van der Waals surface area contributed by atoms with Crippen molar-refractivity contribution in [3.05, 3.63) is 116 Å². The van der Waals surface area contributed by atoms with Crippen LogP contribution in [0.15, 0.2) is 84.6 Å². The van der Waals surface area contributed by atoms with Crippen LogP contribution in [0.2, 0.25) is 5.02 Å². The summed E-state index contributed by atoms with van der Waals surface area (Å²) in [6, 6.07) is 15.8. The third-order valence-electron chi connectivity index (χ3n) is 7.04. The average molecular weight is 791 g/mol. The van der Waals surface area contributed by atoms with Gasteiger partial charge in [0, 0.05) is 20.6 Å². The lowest BCUT2D eigenvalue weighted by molar-refractivity contribution is -0.139. The van der Waals surface area contributed by atoms with Crippen molar-refractivity contribution in [3.63, 3.8) is 0 Å². The summed E-state index contributed by atoms with van der Waals surface area (Å²) < 4.78 is 26.7. The zero-order valence-electron chi connectivity index (χ0n) is 25.7. The van der Waals surface area contributed by atoms with Gasteiger partial charge in [-0.15, -0.1) is 0 Å². The number of fused-ring (bicyclic) bond motifs is 1. The lowest BCUT2D eigenvalue weighted by Crippen LogP contribution is -2.40. The number of nitrogens with zero attached hydrogens (tertiary/aromatic N) is 2. The molecular formula is C34H31Br2ClN2O6S.